The van der Waals surface area contributed by atoms with E-state index in [0.29, 0.717) is 5.57 Å². The van der Waals surface area contributed by atoms with Crippen molar-refractivity contribution in [3.8, 4) is 0 Å². The molecule has 1 aliphatic rings. The van der Waals surface area contributed by atoms with Crippen molar-refractivity contribution < 1.29 is 19.7 Å². The van der Waals surface area contributed by atoms with E-state index >= 15 is 0 Å². The number of carbonyl (C=O) groups is 1. The Morgan fingerprint density at radius 1 is 1.00 bits per heavy atom. The van der Waals surface area contributed by atoms with Crippen LogP contribution in [0.15, 0.2) is 11.6 Å². The second kappa shape index (κ2) is 11.6. The van der Waals surface area contributed by atoms with Crippen LogP contribution < -0.4 is 0 Å². The fraction of sp³-hybridized carbons (Fsp3) is 0.850. The molecular weight excluding hydrogens is 304 g/mol. The third-order valence-electron chi connectivity index (χ3n) is 4.92. The summed E-state index contributed by atoms with van der Waals surface area (Å²) in [6.45, 7) is 3.44. The van der Waals surface area contributed by atoms with E-state index in [1.54, 1.807) is 13.0 Å². The highest BCUT2D eigenvalue weighted by atomic mass is 16.6. The SMILES string of the molecule is CCCCCCCCCCCCCC=C1C(=O)O[C@@](C)(CO)[C@@H]1O. The van der Waals surface area contributed by atoms with Gasteiger partial charge in [0.05, 0.1) is 12.2 Å². The van der Waals surface area contributed by atoms with Crippen molar-refractivity contribution in [2.24, 2.45) is 0 Å². The smallest absolute Gasteiger partial charge is 0.337 e. The molecule has 4 heteroatoms. The minimum Gasteiger partial charge on any atom is -0.450 e. The fourth-order valence-electron chi connectivity index (χ4n) is 3.15. The molecule has 0 aromatic rings. The molecule has 1 rings (SSSR count). The first-order valence-corrected chi connectivity index (χ1v) is 9.77. The van der Waals surface area contributed by atoms with Crippen LogP contribution in [0.5, 0.6) is 0 Å². The number of cyclic esters (lactones) is 1. The topological polar surface area (TPSA) is 66.8 Å². The Labute approximate surface area is 147 Å². The van der Waals surface area contributed by atoms with Gasteiger partial charge in [0.2, 0.25) is 0 Å². The average Bonchev–Trinajstić information content (AvgIpc) is 2.79. The lowest BCUT2D eigenvalue weighted by Gasteiger charge is -2.22. The van der Waals surface area contributed by atoms with Gasteiger partial charge in [0, 0.05) is 0 Å². The Morgan fingerprint density at radius 3 is 1.96 bits per heavy atom. The highest BCUT2D eigenvalue weighted by molar-refractivity contribution is 5.92. The minimum atomic E-state index is -1.18. The number of aliphatic hydroxyl groups excluding tert-OH is 2. The van der Waals surface area contributed by atoms with Gasteiger partial charge in [-0.05, 0) is 19.8 Å². The summed E-state index contributed by atoms with van der Waals surface area (Å²) in [5, 5.41) is 19.3. The largest absolute Gasteiger partial charge is 0.450 e. The van der Waals surface area contributed by atoms with E-state index in [-0.39, 0.29) is 6.61 Å². The molecule has 0 unspecified atom stereocenters. The van der Waals surface area contributed by atoms with Gasteiger partial charge in [0.1, 0.15) is 6.10 Å². The molecule has 1 aliphatic heterocycles. The summed E-state index contributed by atoms with van der Waals surface area (Å²) in [6, 6.07) is 0. The molecule has 0 aliphatic carbocycles. The van der Waals surface area contributed by atoms with E-state index in [2.05, 4.69) is 6.92 Å². The van der Waals surface area contributed by atoms with E-state index in [1.807, 2.05) is 0 Å². The highest BCUT2D eigenvalue weighted by Gasteiger charge is 2.48. The summed E-state index contributed by atoms with van der Waals surface area (Å²) in [5.74, 6) is -0.498. The molecule has 0 amide bonds. The molecule has 4 nitrogen and oxygen atoms in total. The number of aliphatic hydroxyl groups is 2. The van der Waals surface area contributed by atoms with Crippen molar-refractivity contribution in [2.75, 3.05) is 6.61 Å². The van der Waals surface area contributed by atoms with Crippen LogP contribution in [0.3, 0.4) is 0 Å². The normalized spacial score (nSPS) is 25.4. The number of ether oxygens (including phenoxy) is 1. The molecule has 0 saturated carbocycles. The first-order chi connectivity index (χ1) is 11.5. The third-order valence-corrected chi connectivity index (χ3v) is 4.92. The number of carbonyl (C=O) groups excluding carboxylic acids is 1. The molecule has 0 bridgehead atoms. The Balaban J connectivity index is 2.05. The van der Waals surface area contributed by atoms with Crippen LogP contribution in [0.4, 0.5) is 0 Å². The van der Waals surface area contributed by atoms with Crippen LogP contribution >= 0.6 is 0 Å². The quantitative estimate of drug-likeness (QED) is 0.298. The van der Waals surface area contributed by atoms with Crippen LogP contribution in [0, 0.1) is 0 Å². The van der Waals surface area contributed by atoms with Gasteiger partial charge in [-0.25, -0.2) is 4.79 Å². The predicted molar refractivity (Wildman–Crippen MR) is 96.8 cm³/mol. The molecule has 0 spiro atoms. The predicted octanol–water partition coefficient (Wildman–Crippen LogP) is 4.28. The van der Waals surface area contributed by atoms with Crippen LogP contribution in [-0.4, -0.2) is 34.5 Å². The first-order valence-electron chi connectivity index (χ1n) is 9.77. The lowest BCUT2D eigenvalue weighted by Crippen LogP contribution is -2.40. The Kier molecular flexibility index (Phi) is 10.3. The van der Waals surface area contributed by atoms with Crippen molar-refractivity contribution >= 4 is 5.97 Å². The zero-order valence-corrected chi connectivity index (χ0v) is 15.6. The summed E-state index contributed by atoms with van der Waals surface area (Å²) in [5.41, 5.74) is -0.876. The van der Waals surface area contributed by atoms with Gasteiger partial charge >= 0.3 is 5.97 Å². The van der Waals surface area contributed by atoms with Crippen molar-refractivity contribution in [3.63, 3.8) is 0 Å². The van der Waals surface area contributed by atoms with Crippen LogP contribution in [0.25, 0.3) is 0 Å². The number of esters is 1. The Morgan fingerprint density at radius 2 is 1.50 bits per heavy atom. The molecule has 1 fully saturated rings. The molecule has 1 saturated heterocycles. The molecule has 0 aromatic heterocycles. The number of hydrogen-bond donors (Lipinski definition) is 2. The zero-order chi connectivity index (χ0) is 17.8. The Hall–Kier alpha value is -0.870. The zero-order valence-electron chi connectivity index (χ0n) is 15.6. The summed E-state index contributed by atoms with van der Waals surface area (Å²) >= 11 is 0. The summed E-state index contributed by atoms with van der Waals surface area (Å²) in [6.07, 6.45) is 15.7. The van der Waals surface area contributed by atoms with Gasteiger partial charge in [-0.3, -0.25) is 0 Å². The van der Waals surface area contributed by atoms with Crippen LogP contribution in [-0.2, 0) is 9.53 Å². The summed E-state index contributed by atoms with van der Waals surface area (Å²) < 4.78 is 5.07. The Bertz CT molecular complexity index is 391. The van der Waals surface area contributed by atoms with E-state index in [9.17, 15) is 15.0 Å². The first kappa shape index (κ1) is 21.2. The minimum absolute atomic E-state index is 0.304. The molecule has 0 aromatic carbocycles. The van der Waals surface area contributed by atoms with Gasteiger partial charge in [0.15, 0.2) is 5.60 Å². The van der Waals surface area contributed by atoms with Crippen molar-refractivity contribution in [3.05, 3.63) is 11.6 Å². The third kappa shape index (κ3) is 6.94. The highest BCUT2D eigenvalue weighted by Crippen LogP contribution is 2.31. The van der Waals surface area contributed by atoms with Gasteiger partial charge < -0.3 is 14.9 Å². The summed E-state index contributed by atoms with van der Waals surface area (Å²) in [4.78, 5) is 11.7. The van der Waals surface area contributed by atoms with E-state index in [0.717, 1.165) is 19.3 Å². The van der Waals surface area contributed by atoms with Crippen LogP contribution in [0.1, 0.15) is 90.9 Å². The van der Waals surface area contributed by atoms with Crippen molar-refractivity contribution in [2.45, 2.75) is 103 Å². The van der Waals surface area contributed by atoms with Gasteiger partial charge in [-0.2, -0.15) is 0 Å². The second-order valence-electron chi connectivity index (χ2n) is 7.25. The van der Waals surface area contributed by atoms with E-state index in [4.69, 9.17) is 4.74 Å². The molecule has 2 atom stereocenters. The van der Waals surface area contributed by atoms with Crippen LogP contribution in [0.2, 0.25) is 0 Å². The molecule has 2 N–H and O–H groups in total. The number of rotatable bonds is 13. The standard InChI is InChI=1S/C20H36O4/c1-3-4-5-6-7-8-9-10-11-12-13-14-15-17-18(22)20(2,16-21)24-19(17)23/h15,18,21-22H,3-14,16H2,1-2H3/t18-,20+/m1/s1. The maximum atomic E-state index is 11.7. The van der Waals surface area contributed by atoms with Gasteiger partial charge in [-0.1, -0.05) is 77.2 Å². The lowest BCUT2D eigenvalue weighted by atomic mass is 9.96. The molecular formula is C20H36O4. The number of hydrogen-bond acceptors (Lipinski definition) is 4. The molecule has 1 heterocycles. The summed E-state index contributed by atoms with van der Waals surface area (Å²) in [7, 11) is 0. The maximum absolute atomic E-state index is 11.7. The fourth-order valence-corrected chi connectivity index (χ4v) is 3.15. The van der Waals surface area contributed by atoms with Crippen molar-refractivity contribution in [1.29, 1.82) is 0 Å². The molecule has 0 radical (unpaired) electrons. The lowest BCUT2D eigenvalue weighted by molar-refractivity contribution is -0.152. The average molecular weight is 341 g/mol. The maximum Gasteiger partial charge on any atom is 0.337 e. The number of allylic oxidation sites excluding steroid dienone is 1. The van der Waals surface area contributed by atoms with Crippen molar-refractivity contribution in [1.82, 2.24) is 0 Å². The molecule has 24 heavy (non-hydrogen) atoms. The van der Waals surface area contributed by atoms with E-state index in [1.165, 1.54) is 57.8 Å². The second-order valence-corrected chi connectivity index (χ2v) is 7.25. The number of unbranched alkanes of at least 4 members (excludes halogenated alkanes) is 11. The molecule has 140 valence electrons. The monoisotopic (exact) mass is 340 g/mol. The van der Waals surface area contributed by atoms with Gasteiger partial charge in [0.25, 0.3) is 0 Å². The van der Waals surface area contributed by atoms with Gasteiger partial charge in [-0.15, -0.1) is 0 Å². The van der Waals surface area contributed by atoms with E-state index < -0.39 is 17.7 Å².